The van der Waals surface area contributed by atoms with Crippen LogP contribution in [0, 0.1) is 0 Å². The van der Waals surface area contributed by atoms with Crippen molar-refractivity contribution in [3.8, 4) is 0 Å². The second-order valence-electron chi connectivity index (χ2n) is 7.70. The highest BCUT2D eigenvalue weighted by atomic mass is 32.2. The second-order valence-corrected chi connectivity index (χ2v) is 9.26. The van der Waals surface area contributed by atoms with E-state index in [4.69, 9.17) is 15.9 Å². The predicted molar refractivity (Wildman–Crippen MR) is 109 cm³/mol. The number of anilines is 1. The fourth-order valence-corrected chi connectivity index (χ4v) is 4.42. The molecule has 0 aromatic heterocycles. The molecule has 1 aromatic carbocycles. The Morgan fingerprint density at radius 1 is 1.11 bits per heavy atom. The first-order valence-corrected chi connectivity index (χ1v) is 11.4. The number of primary sulfonamides is 1. The largest absolute Gasteiger partial charge is 0.340 e. The van der Waals surface area contributed by atoms with Gasteiger partial charge in [-0.3, -0.25) is 0 Å². The van der Waals surface area contributed by atoms with Gasteiger partial charge < -0.3 is 16.0 Å². The van der Waals surface area contributed by atoms with Gasteiger partial charge in [0, 0.05) is 24.3 Å². The topological polar surface area (TPSA) is 114 Å². The summed E-state index contributed by atoms with van der Waals surface area (Å²) in [6.45, 7) is 3.19. The number of guanidine groups is 1. The number of likely N-dealkylation sites (tertiary alicyclic amines) is 1. The van der Waals surface area contributed by atoms with Crippen molar-refractivity contribution in [3.63, 3.8) is 0 Å². The monoisotopic (exact) mass is 393 g/mol. The Morgan fingerprint density at radius 2 is 1.78 bits per heavy atom. The number of nitrogens with one attached hydrogen (secondary N) is 1. The van der Waals surface area contributed by atoms with Gasteiger partial charge in [-0.1, -0.05) is 12.8 Å². The number of sulfonamides is 1. The lowest BCUT2D eigenvalue weighted by atomic mass is 9.91. The van der Waals surface area contributed by atoms with E-state index in [2.05, 4.69) is 17.1 Å². The molecule has 3 atom stereocenters. The summed E-state index contributed by atoms with van der Waals surface area (Å²) in [5.74, 6) is 0.841. The van der Waals surface area contributed by atoms with Crippen molar-refractivity contribution < 1.29 is 8.42 Å². The highest BCUT2D eigenvalue weighted by Crippen LogP contribution is 2.23. The van der Waals surface area contributed by atoms with Crippen LogP contribution in [-0.2, 0) is 10.0 Å². The SMILES string of the molecule is CC1CCCCN1C(=N[C@H]1CCCC[C@@H]1N)Nc1ccc(S(N)(=O)=O)cc1. The summed E-state index contributed by atoms with van der Waals surface area (Å²) in [5.41, 5.74) is 7.11. The molecule has 27 heavy (non-hydrogen) atoms. The summed E-state index contributed by atoms with van der Waals surface area (Å²) in [5, 5.41) is 8.60. The highest BCUT2D eigenvalue weighted by molar-refractivity contribution is 7.89. The van der Waals surface area contributed by atoms with Gasteiger partial charge in [0.1, 0.15) is 0 Å². The summed E-state index contributed by atoms with van der Waals surface area (Å²) in [4.78, 5) is 7.44. The third kappa shape index (κ3) is 5.21. The highest BCUT2D eigenvalue weighted by Gasteiger charge is 2.26. The number of hydrogen-bond donors (Lipinski definition) is 3. The van der Waals surface area contributed by atoms with Crippen molar-refractivity contribution in [3.05, 3.63) is 24.3 Å². The fraction of sp³-hybridized carbons (Fsp3) is 0.632. The van der Waals surface area contributed by atoms with Crippen molar-refractivity contribution in [2.45, 2.75) is 74.9 Å². The average molecular weight is 394 g/mol. The summed E-state index contributed by atoms with van der Waals surface area (Å²) in [6.07, 6.45) is 7.88. The number of aliphatic imine (C=N–C) groups is 1. The minimum Gasteiger partial charge on any atom is -0.340 e. The van der Waals surface area contributed by atoms with Gasteiger partial charge in [-0.15, -0.1) is 0 Å². The number of nitrogens with zero attached hydrogens (tertiary/aromatic N) is 2. The van der Waals surface area contributed by atoms with E-state index < -0.39 is 10.0 Å². The van der Waals surface area contributed by atoms with E-state index in [9.17, 15) is 8.42 Å². The quantitative estimate of drug-likeness (QED) is 0.538. The summed E-state index contributed by atoms with van der Waals surface area (Å²) >= 11 is 0. The average Bonchev–Trinajstić information content (AvgIpc) is 2.63. The minimum atomic E-state index is -3.69. The van der Waals surface area contributed by atoms with Crippen LogP contribution in [0.15, 0.2) is 34.2 Å². The third-order valence-corrected chi connectivity index (χ3v) is 6.51. The van der Waals surface area contributed by atoms with Gasteiger partial charge in [-0.2, -0.15) is 0 Å². The van der Waals surface area contributed by atoms with Crippen LogP contribution in [-0.4, -0.2) is 43.9 Å². The zero-order chi connectivity index (χ0) is 19.4. The molecule has 1 unspecified atom stereocenters. The van der Waals surface area contributed by atoms with Crippen LogP contribution in [0.2, 0.25) is 0 Å². The lowest BCUT2D eigenvalue weighted by Gasteiger charge is -2.37. The van der Waals surface area contributed by atoms with E-state index in [1.54, 1.807) is 12.1 Å². The van der Waals surface area contributed by atoms with Gasteiger partial charge >= 0.3 is 0 Å². The first-order valence-electron chi connectivity index (χ1n) is 9.84. The van der Waals surface area contributed by atoms with Gasteiger partial charge in [0.2, 0.25) is 10.0 Å². The predicted octanol–water partition coefficient (Wildman–Crippen LogP) is 2.25. The van der Waals surface area contributed by atoms with E-state index in [0.29, 0.717) is 6.04 Å². The Morgan fingerprint density at radius 3 is 2.41 bits per heavy atom. The van der Waals surface area contributed by atoms with Crippen LogP contribution in [0.25, 0.3) is 0 Å². The van der Waals surface area contributed by atoms with E-state index in [0.717, 1.165) is 50.3 Å². The summed E-state index contributed by atoms with van der Waals surface area (Å²) in [7, 11) is -3.69. The first kappa shape index (κ1) is 20.1. The van der Waals surface area contributed by atoms with Gasteiger partial charge in [0.25, 0.3) is 0 Å². The molecule has 2 aliphatic rings. The number of nitrogens with two attached hydrogens (primary N) is 2. The van der Waals surface area contributed by atoms with Crippen LogP contribution in [0.4, 0.5) is 5.69 Å². The normalized spacial score (nSPS) is 27.4. The van der Waals surface area contributed by atoms with E-state index in [-0.39, 0.29) is 17.0 Å². The molecule has 2 fully saturated rings. The molecule has 1 aliphatic heterocycles. The van der Waals surface area contributed by atoms with E-state index in [1.807, 2.05) is 0 Å². The maximum absolute atomic E-state index is 11.5. The molecule has 0 amide bonds. The molecular weight excluding hydrogens is 362 g/mol. The van der Waals surface area contributed by atoms with Crippen molar-refractivity contribution in [2.75, 3.05) is 11.9 Å². The Hall–Kier alpha value is -1.64. The lowest BCUT2D eigenvalue weighted by molar-refractivity contribution is 0.254. The Balaban J connectivity index is 1.85. The van der Waals surface area contributed by atoms with E-state index in [1.165, 1.54) is 25.0 Å². The molecule has 0 spiro atoms. The van der Waals surface area contributed by atoms with Gasteiger partial charge in [0.05, 0.1) is 10.9 Å². The molecule has 5 N–H and O–H groups in total. The number of piperidine rings is 1. The molecule has 8 heteroatoms. The van der Waals surface area contributed by atoms with Crippen LogP contribution in [0.1, 0.15) is 51.9 Å². The lowest BCUT2D eigenvalue weighted by Crippen LogP contribution is -2.47. The van der Waals surface area contributed by atoms with Gasteiger partial charge in [0.15, 0.2) is 5.96 Å². The molecule has 1 aliphatic carbocycles. The van der Waals surface area contributed by atoms with Gasteiger partial charge in [-0.05, 0) is 63.3 Å². The number of rotatable bonds is 3. The van der Waals surface area contributed by atoms with Crippen molar-refractivity contribution in [1.82, 2.24) is 4.90 Å². The molecule has 0 radical (unpaired) electrons. The van der Waals surface area contributed by atoms with E-state index >= 15 is 0 Å². The first-order chi connectivity index (χ1) is 12.8. The molecular formula is C19H31N5O2S. The Bertz CT molecular complexity index is 763. The molecule has 3 rings (SSSR count). The van der Waals surface area contributed by atoms with Crippen LogP contribution in [0.3, 0.4) is 0 Å². The zero-order valence-electron chi connectivity index (χ0n) is 16.0. The zero-order valence-corrected chi connectivity index (χ0v) is 16.8. The smallest absolute Gasteiger partial charge is 0.238 e. The van der Waals surface area contributed by atoms with Crippen LogP contribution in [0.5, 0.6) is 0 Å². The minimum absolute atomic E-state index is 0.0976. The van der Waals surface area contributed by atoms with Crippen molar-refractivity contribution >= 4 is 21.7 Å². The molecule has 1 heterocycles. The summed E-state index contributed by atoms with van der Waals surface area (Å²) < 4.78 is 22.9. The molecule has 150 valence electrons. The molecule has 1 saturated carbocycles. The maximum Gasteiger partial charge on any atom is 0.238 e. The molecule has 1 saturated heterocycles. The molecule has 1 aromatic rings. The summed E-state index contributed by atoms with van der Waals surface area (Å²) in [6, 6.07) is 7.12. The Kier molecular flexibility index (Phi) is 6.39. The standard InChI is InChI=1S/C19H31N5O2S/c1-14-6-4-5-13-24(14)19(23-18-8-3-2-7-17(18)20)22-15-9-11-16(12-10-15)27(21,25)26/h9-12,14,17-18H,2-8,13,20H2,1H3,(H,22,23)(H2,21,25,26)/t14?,17-,18-/m0/s1. The number of hydrogen-bond acceptors (Lipinski definition) is 4. The Labute approximate surface area is 162 Å². The van der Waals surface area contributed by atoms with Crippen LogP contribution >= 0.6 is 0 Å². The molecule has 0 bridgehead atoms. The fourth-order valence-electron chi connectivity index (χ4n) is 3.91. The van der Waals surface area contributed by atoms with Gasteiger partial charge in [-0.25, -0.2) is 18.5 Å². The third-order valence-electron chi connectivity index (χ3n) is 5.58. The number of benzene rings is 1. The maximum atomic E-state index is 11.5. The van der Waals surface area contributed by atoms with Crippen molar-refractivity contribution in [1.29, 1.82) is 0 Å². The van der Waals surface area contributed by atoms with Crippen LogP contribution < -0.4 is 16.2 Å². The van der Waals surface area contributed by atoms with Crippen molar-refractivity contribution in [2.24, 2.45) is 15.9 Å². The molecule has 7 nitrogen and oxygen atoms in total. The second kappa shape index (κ2) is 8.58.